The van der Waals surface area contributed by atoms with E-state index in [1.807, 2.05) is 18.2 Å². The van der Waals surface area contributed by atoms with Crippen molar-refractivity contribution in [1.82, 2.24) is 9.91 Å². The molecule has 0 radical (unpaired) electrons. The maximum Gasteiger partial charge on any atom is 0.246 e. The van der Waals surface area contributed by atoms with Crippen molar-refractivity contribution in [2.75, 3.05) is 26.2 Å². The van der Waals surface area contributed by atoms with E-state index in [4.69, 9.17) is 5.10 Å². The predicted molar refractivity (Wildman–Crippen MR) is 135 cm³/mol. The molecular formula is C29H34FN3O2. The van der Waals surface area contributed by atoms with Gasteiger partial charge in [0.15, 0.2) is 5.78 Å². The van der Waals surface area contributed by atoms with Gasteiger partial charge in [-0.3, -0.25) is 9.59 Å². The predicted octanol–water partition coefficient (Wildman–Crippen LogP) is 4.97. The number of fused-ring (bicyclic) bond motifs is 1. The lowest BCUT2D eigenvalue weighted by molar-refractivity contribution is -0.138. The first-order chi connectivity index (χ1) is 17.1. The van der Waals surface area contributed by atoms with Crippen LogP contribution >= 0.6 is 0 Å². The van der Waals surface area contributed by atoms with E-state index in [9.17, 15) is 14.0 Å². The van der Waals surface area contributed by atoms with Crippen LogP contribution in [-0.2, 0) is 11.2 Å². The molecule has 0 bridgehead atoms. The molecule has 2 aromatic rings. The summed E-state index contributed by atoms with van der Waals surface area (Å²) in [5, 5.41) is 6.58. The zero-order valence-electron chi connectivity index (χ0n) is 20.2. The lowest BCUT2D eigenvalue weighted by Crippen LogP contribution is -2.49. The summed E-state index contributed by atoms with van der Waals surface area (Å²) in [6.07, 6.45) is 6.74. The first kappa shape index (κ1) is 23.9. The van der Waals surface area contributed by atoms with Crippen LogP contribution in [0, 0.1) is 23.6 Å². The first-order valence-corrected chi connectivity index (χ1v) is 13.0. The molecule has 2 aliphatic heterocycles. The van der Waals surface area contributed by atoms with Crippen LogP contribution in [0.1, 0.15) is 54.4 Å². The van der Waals surface area contributed by atoms with Gasteiger partial charge in [-0.05, 0) is 81.4 Å². The van der Waals surface area contributed by atoms with Crippen molar-refractivity contribution in [3.05, 3.63) is 71.5 Å². The number of rotatable bonds is 7. The number of carbonyl (C=O) groups is 2. The Morgan fingerprint density at radius 1 is 0.943 bits per heavy atom. The number of hydrazone groups is 1. The topological polar surface area (TPSA) is 53.0 Å². The Morgan fingerprint density at radius 3 is 2.43 bits per heavy atom. The minimum Gasteiger partial charge on any atom is -0.301 e. The van der Waals surface area contributed by atoms with E-state index < -0.39 is 0 Å². The van der Waals surface area contributed by atoms with Crippen LogP contribution in [0.25, 0.3) is 0 Å². The first-order valence-electron chi connectivity index (χ1n) is 13.0. The summed E-state index contributed by atoms with van der Waals surface area (Å²) < 4.78 is 13.2. The number of carbonyl (C=O) groups excluding carboxylic acids is 2. The van der Waals surface area contributed by atoms with Crippen LogP contribution in [0.4, 0.5) is 4.39 Å². The average molecular weight is 476 g/mol. The van der Waals surface area contributed by atoms with Gasteiger partial charge in [-0.2, -0.15) is 5.10 Å². The molecule has 6 heteroatoms. The monoisotopic (exact) mass is 475 g/mol. The standard InChI is InChI=1S/C29H34FN3O2/c30-24-12-10-22(11-13-24)28(34)23-14-16-32(17-15-23)18-19-33-29(35)26(20-21-6-2-1-3-7-21)25-8-4-5-9-27(25)31-33/h1-3,6-7,10-13,23,25-26H,4-5,8-9,14-20H2. The molecule has 1 amide bonds. The minimum absolute atomic E-state index is 0.0215. The highest BCUT2D eigenvalue weighted by atomic mass is 19.1. The molecule has 2 unspecified atom stereocenters. The number of amides is 1. The van der Waals surface area contributed by atoms with E-state index in [2.05, 4.69) is 17.0 Å². The zero-order chi connectivity index (χ0) is 24.2. The van der Waals surface area contributed by atoms with Gasteiger partial charge in [0, 0.05) is 29.7 Å². The molecule has 2 aromatic carbocycles. The number of hydrogen-bond donors (Lipinski definition) is 0. The second-order valence-corrected chi connectivity index (χ2v) is 10.2. The number of halogens is 1. The van der Waals surface area contributed by atoms with E-state index in [0.717, 1.165) is 58.2 Å². The third-order valence-corrected chi connectivity index (χ3v) is 7.95. The van der Waals surface area contributed by atoms with Crippen molar-refractivity contribution in [2.24, 2.45) is 22.9 Å². The van der Waals surface area contributed by atoms with E-state index in [-0.39, 0.29) is 35.3 Å². The lowest BCUT2D eigenvalue weighted by atomic mass is 9.74. The second-order valence-electron chi connectivity index (χ2n) is 10.2. The number of likely N-dealkylation sites (tertiary alicyclic amines) is 1. The average Bonchev–Trinajstić information content (AvgIpc) is 2.90. The summed E-state index contributed by atoms with van der Waals surface area (Å²) >= 11 is 0. The Kier molecular flexibility index (Phi) is 7.37. The van der Waals surface area contributed by atoms with Crippen LogP contribution in [0.5, 0.6) is 0 Å². The van der Waals surface area contributed by atoms with Gasteiger partial charge in [-0.1, -0.05) is 36.8 Å². The Labute approximate surface area is 207 Å². The molecule has 2 atom stereocenters. The Balaban J connectivity index is 1.18. The third kappa shape index (κ3) is 5.53. The molecule has 35 heavy (non-hydrogen) atoms. The summed E-state index contributed by atoms with van der Waals surface area (Å²) in [7, 11) is 0. The molecule has 1 saturated carbocycles. The van der Waals surface area contributed by atoms with Gasteiger partial charge < -0.3 is 4.90 Å². The van der Waals surface area contributed by atoms with Crippen LogP contribution in [0.2, 0.25) is 0 Å². The highest BCUT2D eigenvalue weighted by Gasteiger charge is 2.40. The smallest absolute Gasteiger partial charge is 0.246 e. The number of piperidine rings is 1. The van der Waals surface area contributed by atoms with Gasteiger partial charge in [0.05, 0.1) is 12.5 Å². The van der Waals surface area contributed by atoms with Crippen molar-refractivity contribution < 1.29 is 14.0 Å². The molecule has 2 heterocycles. The van der Waals surface area contributed by atoms with Gasteiger partial charge >= 0.3 is 0 Å². The fourth-order valence-electron chi connectivity index (χ4n) is 5.91. The van der Waals surface area contributed by atoms with Gasteiger partial charge in [0.1, 0.15) is 5.82 Å². The van der Waals surface area contributed by atoms with Crippen molar-refractivity contribution in [1.29, 1.82) is 0 Å². The number of Topliss-reactive ketones (excluding diaryl/α,β-unsaturated/α-hetero) is 1. The molecule has 0 N–H and O–H groups in total. The molecule has 0 spiro atoms. The van der Waals surface area contributed by atoms with Crippen molar-refractivity contribution >= 4 is 17.4 Å². The highest BCUT2D eigenvalue weighted by Crippen LogP contribution is 2.35. The summed E-state index contributed by atoms with van der Waals surface area (Å²) in [4.78, 5) is 28.6. The summed E-state index contributed by atoms with van der Waals surface area (Å²) in [5.41, 5.74) is 3.01. The van der Waals surface area contributed by atoms with Crippen molar-refractivity contribution in [2.45, 2.75) is 44.9 Å². The van der Waals surface area contributed by atoms with Crippen molar-refractivity contribution in [3.8, 4) is 0 Å². The highest BCUT2D eigenvalue weighted by molar-refractivity contribution is 5.98. The summed E-state index contributed by atoms with van der Waals surface area (Å²) in [5.74, 6) is 0.176. The molecule has 184 valence electrons. The quantitative estimate of drug-likeness (QED) is 0.532. The lowest BCUT2D eigenvalue weighted by Gasteiger charge is -2.39. The molecule has 3 aliphatic rings. The van der Waals surface area contributed by atoms with E-state index in [1.54, 1.807) is 17.1 Å². The van der Waals surface area contributed by atoms with Gasteiger partial charge in [0.25, 0.3) is 0 Å². The van der Waals surface area contributed by atoms with Crippen molar-refractivity contribution in [3.63, 3.8) is 0 Å². The third-order valence-electron chi connectivity index (χ3n) is 7.95. The Bertz CT molecular complexity index is 1060. The molecule has 5 nitrogen and oxygen atoms in total. The Morgan fingerprint density at radius 2 is 1.69 bits per heavy atom. The number of ketones is 1. The Hall–Kier alpha value is -2.86. The fourth-order valence-corrected chi connectivity index (χ4v) is 5.91. The van der Waals surface area contributed by atoms with Gasteiger partial charge in [-0.15, -0.1) is 0 Å². The van der Waals surface area contributed by atoms with E-state index in [0.29, 0.717) is 12.1 Å². The summed E-state index contributed by atoms with van der Waals surface area (Å²) in [6, 6.07) is 16.2. The molecule has 2 fully saturated rings. The largest absolute Gasteiger partial charge is 0.301 e. The molecular weight excluding hydrogens is 441 g/mol. The van der Waals surface area contributed by atoms with E-state index in [1.165, 1.54) is 29.8 Å². The number of nitrogens with zero attached hydrogens (tertiary/aromatic N) is 3. The maximum atomic E-state index is 13.5. The maximum absolute atomic E-state index is 13.5. The number of hydrogen-bond acceptors (Lipinski definition) is 4. The van der Waals surface area contributed by atoms with E-state index >= 15 is 0 Å². The molecule has 0 aromatic heterocycles. The van der Waals surface area contributed by atoms with Crippen LogP contribution < -0.4 is 0 Å². The zero-order valence-corrected chi connectivity index (χ0v) is 20.2. The van der Waals surface area contributed by atoms with Crippen LogP contribution in [-0.4, -0.2) is 53.5 Å². The molecule has 5 rings (SSSR count). The minimum atomic E-state index is -0.322. The van der Waals surface area contributed by atoms with Gasteiger partial charge in [-0.25, -0.2) is 9.40 Å². The molecule has 1 saturated heterocycles. The van der Waals surface area contributed by atoms with Crippen LogP contribution in [0.3, 0.4) is 0 Å². The number of benzene rings is 2. The second kappa shape index (κ2) is 10.8. The molecule has 1 aliphatic carbocycles. The van der Waals surface area contributed by atoms with Crippen LogP contribution in [0.15, 0.2) is 59.7 Å². The fraction of sp³-hybridized carbons (Fsp3) is 0.483. The summed E-state index contributed by atoms with van der Waals surface area (Å²) in [6.45, 7) is 3.01. The SMILES string of the molecule is O=C(c1ccc(F)cc1)C1CCN(CCN2N=C3CCCCC3C(Cc3ccccc3)C2=O)CC1. The van der Waals surface area contributed by atoms with Gasteiger partial charge in [0.2, 0.25) is 5.91 Å². The normalized spacial score (nSPS) is 23.6.